The Kier molecular flexibility index (Phi) is 2.49. The molecule has 2 fully saturated rings. The van der Waals surface area contributed by atoms with Crippen molar-refractivity contribution in [2.45, 2.75) is 37.7 Å². The monoisotopic (exact) mass is 215 g/mol. The van der Waals surface area contributed by atoms with Gasteiger partial charge in [-0.2, -0.15) is 0 Å². The van der Waals surface area contributed by atoms with Gasteiger partial charge in [0.1, 0.15) is 5.25 Å². The molecule has 2 aliphatic rings. The van der Waals surface area contributed by atoms with Gasteiger partial charge in [0.05, 0.1) is 12.8 Å². The molecular formula is C9H17N3OS. The number of thioether (sulfide) groups is 1. The third-order valence-electron chi connectivity index (χ3n) is 2.66. The Morgan fingerprint density at radius 3 is 2.79 bits per heavy atom. The van der Waals surface area contributed by atoms with E-state index in [0.717, 1.165) is 5.88 Å². The van der Waals surface area contributed by atoms with Crippen LogP contribution in [0.1, 0.15) is 20.8 Å². The van der Waals surface area contributed by atoms with E-state index in [2.05, 4.69) is 31.4 Å². The molecule has 0 aromatic carbocycles. The van der Waals surface area contributed by atoms with Crippen LogP contribution in [0, 0.1) is 0 Å². The number of hydrogen-bond acceptors (Lipinski definition) is 4. The van der Waals surface area contributed by atoms with Crippen molar-refractivity contribution in [3.8, 4) is 0 Å². The van der Waals surface area contributed by atoms with Crippen molar-refractivity contribution < 1.29 is 4.79 Å². The largest absolute Gasteiger partial charge is 0.324 e. The van der Waals surface area contributed by atoms with E-state index in [4.69, 9.17) is 0 Å². The molecule has 2 atom stereocenters. The summed E-state index contributed by atoms with van der Waals surface area (Å²) in [6.07, 6.45) is 0.172. The number of carbonyl (C=O) groups is 1. The highest BCUT2D eigenvalue weighted by Crippen LogP contribution is 2.27. The van der Waals surface area contributed by atoms with Crippen LogP contribution >= 0.6 is 11.8 Å². The molecule has 4 nitrogen and oxygen atoms in total. The maximum absolute atomic E-state index is 12.1. The second-order valence-electron chi connectivity index (χ2n) is 4.71. The normalized spacial score (nSPS) is 33.4. The Hall–Kier alpha value is -0.260. The fourth-order valence-electron chi connectivity index (χ4n) is 1.81. The van der Waals surface area contributed by atoms with Crippen LogP contribution in [-0.2, 0) is 4.79 Å². The topological polar surface area (TPSA) is 44.4 Å². The number of hydrogen-bond donors (Lipinski definition) is 2. The van der Waals surface area contributed by atoms with Gasteiger partial charge >= 0.3 is 0 Å². The molecule has 2 saturated heterocycles. The molecule has 1 amide bonds. The zero-order chi connectivity index (χ0) is 10.3. The van der Waals surface area contributed by atoms with E-state index >= 15 is 0 Å². The maximum Gasteiger partial charge on any atom is 0.240 e. The smallest absolute Gasteiger partial charge is 0.240 e. The fourth-order valence-corrected chi connectivity index (χ4v) is 2.92. The van der Waals surface area contributed by atoms with Crippen LogP contribution in [0.25, 0.3) is 0 Å². The van der Waals surface area contributed by atoms with E-state index in [9.17, 15) is 4.79 Å². The summed E-state index contributed by atoms with van der Waals surface area (Å²) >= 11 is 1.69. The van der Waals surface area contributed by atoms with Crippen molar-refractivity contribution in [1.29, 1.82) is 0 Å². The van der Waals surface area contributed by atoms with E-state index in [1.165, 1.54) is 0 Å². The summed E-state index contributed by atoms with van der Waals surface area (Å²) in [4.78, 5) is 14.0. The Bertz CT molecular complexity index is 251. The second kappa shape index (κ2) is 3.40. The van der Waals surface area contributed by atoms with Gasteiger partial charge in [-0.15, -0.1) is 11.8 Å². The fraction of sp³-hybridized carbons (Fsp3) is 0.889. The molecule has 0 aliphatic carbocycles. The molecule has 0 saturated carbocycles. The minimum Gasteiger partial charge on any atom is -0.324 e. The molecule has 2 N–H and O–H groups in total. The van der Waals surface area contributed by atoms with E-state index in [0.29, 0.717) is 6.67 Å². The van der Waals surface area contributed by atoms with Crippen LogP contribution in [0.15, 0.2) is 0 Å². The van der Waals surface area contributed by atoms with Gasteiger partial charge < -0.3 is 4.90 Å². The molecule has 2 rings (SSSR count). The zero-order valence-corrected chi connectivity index (χ0v) is 9.65. The summed E-state index contributed by atoms with van der Waals surface area (Å²) in [6, 6.07) is 0. The standard InChI is InChI=1S/C9H17N3OS/c1-9(2,3)12-4-10-7-6(8(12)13)14-5-11-7/h6-7,10-11H,4-5H2,1-3H3. The maximum atomic E-state index is 12.1. The second-order valence-corrected chi connectivity index (χ2v) is 5.84. The minimum atomic E-state index is -0.0851. The highest BCUT2D eigenvalue weighted by molar-refractivity contribution is 8.00. The first-order valence-electron chi connectivity index (χ1n) is 4.90. The van der Waals surface area contributed by atoms with Crippen molar-refractivity contribution in [3.05, 3.63) is 0 Å². The molecule has 5 heteroatoms. The average Bonchev–Trinajstić information content (AvgIpc) is 2.50. The third kappa shape index (κ3) is 1.64. The van der Waals surface area contributed by atoms with Gasteiger partial charge in [-0.05, 0) is 20.8 Å². The summed E-state index contributed by atoms with van der Waals surface area (Å²) in [7, 11) is 0. The molecule has 0 bridgehead atoms. The molecule has 2 unspecified atom stereocenters. The highest BCUT2D eigenvalue weighted by Gasteiger charge is 2.43. The average molecular weight is 215 g/mol. The number of fused-ring (bicyclic) bond motifs is 1. The SMILES string of the molecule is CC(C)(C)N1CNC2NCSC2C1=O. The van der Waals surface area contributed by atoms with Crippen molar-refractivity contribution in [2.24, 2.45) is 0 Å². The predicted octanol–water partition coefficient (Wildman–Crippen LogP) is 0.163. The van der Waals surface area contributed by atoms with Crippen LogP contribution in [-0.4, -0.2) is 40.3 Å². The van der Waals surface area contributed by atoms with Crippen LogP contribution < -0.4 is 10.6 Å². The molecule has 2 heterocycles. The number of nitrogens with one attached hydrogen (secondary N) is 2. The number of amides is 1. The lowest BCUT2D eigenvalue weighted by molar-refractivity contribution is -0.139. The molecule has 0 aromatic rings. The Morgan fingerprint density at radius 2 is 2.14 bits per heavy atom. The summed E-state index contributed by atoms with van der Waals surface area (Å²) in [5.41, 5.74) is -0.0851. The van der Waals surface area contributed by atoms with E-state index < -0.39 is 0 Å². The van der Waals surface area contributed by atoms with Gasteiger partial charge in [0.15, 0.2) is 0 Å². The van der Waals surface area contributed by atoms with Crippen molar-refractivity contribution in [1.82, 2.24) is 15.5 Å². The minimum absolute atomic E-state index is 0.0583. The first-order chi connectivity index (χ1) is 6.50. The van der Waals surface area contributed by atoms with E-state index in [-0.39, 0.29) is 22.9 Å². The van der Waals surface area contributed by atoms with Crippen molar-refractivity contribution >= 4 is 17.7 Å². The van der Waals surface area contributed by atoms with Gasteiger partial charge in [-0.3, -0.25) is 15.4 Å². The Balaban J connectivity index is 2.13. The molecule has 14 heavy (non-hydrogen) atoms. The molecule has 0 spiro atoms. The lowest BCUT2D eigenvalue weighted by Gasteiger charge is -2.42. The summed E-state index contributed by atoms with van der Waals surface area (Å²) in [5, 5.41) is 6.66. The van der Waals surface area contributed by atoms with Crippen LogP contribution in [0.5, 0.6) is 0 Å². The third-order valence-corrected chi connectivity index (χ3v) is 3.82. The molecular weight excluding hydrogens is 198 g/mol. The quantitative estimate of drug-likeness (QED) is 0.604. The summed E-state index contributed by atoms with van der Waals surface area (Å²) < 4.78 is 0. The van der Waals surface area contributed by atoms with Crippen molar-refractivity contribution in [2.75, 3.05) is 12.5 Å². The molecule has 0 aromatic heterocycles. The van der Waals surface area contributed by atoms with E-state index in [1.807, 2.05) is 4.90 Å². The van der Waals surface area contributed by atoms with Gasteiger partial charge in [-0.25, -0.2) is 0 Å². The summed E-state index contributed by atoms with van der Waals surface area (Å²) in [6.45, 7) is 6.86. The van der Waals surface area contributed by atoms with E-state index in [1.54, 1.807) is 11.8 Å². The summed E-state index contributed by atoms with van der Waals surface area (Å²) in [5.74, 6) is 1.13. The van der Waals surface area contributed by atoms with Crippen LogP contribution in [0.4, 0.5) is 0 Å². The molecule has 80 valence electrons. The predicted molar refractivity (Wildman–Crippen MR) is 57.8 cm³/mol. The Labute approximate surface area is 88.8 Å². The highest BCUT2D eigenvalue weighted by atomic mass is 32.2. The van der Waals surface area contributed by atoms with Gasteiger partial charge in [0.2, 0.25) is 5.91 Å². The first-order valence-corrected chi connectivity index (χ1v) is 5.95. The van der Waals surface area contributed by atoms with Gasteiger partial charge in [-0.1, -0.05) is 0 Å². The Morgan fingerprint density at radius 1 is 1.43 bits per heavy atom. The first kappa shape index (κ1) is 10.3. The van der Waals surface area contributed by atoms with Gasteiger partial charge in [0, 0.05) is 11.4 Å². The lowest BCUT2D eigenvalue weighted by Crippen LogP contribution is -2.64. The molecule has 2 aliphatic heterocycles. The van der Waals surface area contributed by atoms with Gasteiger partial charge in [0.25, 0.3) is 0 Å². The number of nitrogens with zero attached hydrogens (tertiary/aromatic N) is 1. The van der Waals surface area contributed by atoms with Crippen LogP contribution in [0.3, 0.4) is 0 Å². The lowest BCUT2D eigenvalue weighted by atomic mass is 10.0. The molecule has 0 radical (unpaired) electrons. The zero-order valence-electron chi connectivity index (χ0n) is 8.83. The number of carbonyl (C=O) groups excluding carboxylic acids is 1. The van der Waals surface area contributed by atoms with Crippen LogP contribution in [0.2, 0.25) is 0 Å². The van der Waals surface area contributed by atoms with Crippen molar-refractivity contribution in [3.63, 3.8) is 0 Å². The number of rotatable bonds is 0.